The van der Waals surface area contributed by atoms with Crippen molar-refractivity contribution in [3.63, 3.8) is 0 Å². The molecule has 1 amide bonds. The number of ether oxygens (including phenoxy) is 2. The lowest BCUT2D eigenvalue weighted by Crippen LogP contribution is -2.30. The Morgan fingerprint density at radius 1 is 1.78 bits per heavy atom. The minimum Gasteiger partial charge on any atom is -0.376 e. The minimum atomic E-state index is -0.362. The monoisotopic (exact) mass is 254 g/mol. The first-order chi connectivity index (χ1) is 8.72. The molecular formula is C11H18N4O3. The fourth-order valence-corrected chi connectivity index (χ4v) is 1.96. The van der Waals surface area contributed by atoms with E-state index in [2.05, 4.69) is 10.5 Å². The van der Waals surface area contributed by atoms with Gasteiger partial charge < -0.3 is 9.47 Å². The molecule has 2 rings (SSSR count). The number of nitrogen functional groups attached to an aromatic ring is 1. The molecule has 0 aromatic carbocycles. The highest BCUT2D eigenvalue weighted by molar-refractivity contribution is 5.94. The first-order valence-electron chi connectivity index (χ1n) is 5.93. The van der Waals surface area contributed by atoms with Crippen LogP contribution in [0.2, 0.25) is 0 Å². The molecule has 7 heteroatoms. The van der Waals surface area contributed by atoms with E-state index in [1.165, 1.54) is 6.20 Å². The number of rotatable bonds is 5. The van der Waals surface area contributed by atoms with Crippen molar-refractivity contribution < 1.29 is 14.3 Å². The Labute approximate surface area is 105 Å². The predicted octanol–water partition coefficient (Wildman–Crippen LogP) is -0.281. The van der Waals surface area contributed by atoms with E-state index in [4.69, 9.17) is 15.3 Å². The van der Waals surface area contributed by atoms with Gasteiger partial charge in [-0.1, -0.05) is 0 Å². The third-order valence-electron chi connectivity index (χ3n) is 3.00. The number of amides is 1. The van der Waals surface area contributed by atoms with Crippen LogP contribution in [0, 0.1) is 0 Å². The summed E-state index contributed by atoms with van der Waals surface area (Å²) >= 11 is 0. The molecule has 100 valence electrons. The highest BCUT2D eigenvalue weighted by Crippen LogP contribution is 2.14. The van der Waals surface area contributed by atoms with Gasteiger partial charge in [-0.05, 0) is 12.8 Å². The zero-order chi connectivity index (χ0) is 13.0. The Kier molecular flexibility index (Phi) is 4.29. The van der Waals surface area contributed by atoms with Gasteiger partial charge in [0.1, 0.15) is 0 Å². The SMILES string of the molecule is Cn1ncc(C(=O)NN)c1COC[C@@H]1CCCO1. The van der Waals surface area contributed by atoms with Crippen molar-refractivity contribution in [2.75, 3.05) is 13.2 Å². The zero-order valence-electron chi connectivity index (χ0n) is 10.4. The van der Waals surface area contributed by atoms with Gasteiger partial charge in [0.25, 0.3) is 5.91 Å². The molecule has 1 atom stereocenters. The number of hydrogen-bond donors (Lipinski definition) is 2. The molecule has 18 heavy (non-hydrogen) atoms. The Morgan fingerprint density at radius 2 is 2.61 bits per heavy atom. The van der Waals surface area contributed by atoms with Crippen LogP contribution in [0.25, 0.3) is 0 Å². The van der Waals surface area contributed by atoms with E-state index < -0.39 is 0 Å². The van der Waals surface area contributed by atoms with E-state index in [0.29, 0.717) is 24.5 Å². The smallest absolute Gasteiger partial charge is 0.268 e. The highest BCUT2D eigenvalue weighted by Gasteiger charge is 2.18. The predicted molar refractivity (Wildman–Crippen MR) is 63.5 cm³/mol. The van der Waals surface area contributed by atoms with Gasteiger partial charge in [-0.2, -0.15) is 5.10 Å². The van der Waals surface area contributed by atoms with E-state index in [-0.39, 0.29) is 12.0 Å². The van der Waals surface area contributed by atoms with E-state index in [1.807, 2.05) is 0 Å². The average molecular weight is 254 g/mol. The molecule has 1 aromatic heterocycles. The summed E-state index contributed by atoms with van der Waals surface area (Å²) in [5.74, 6) is 4.75. The summed E-state index contributed by atoms with van der Waals surface area (Å²) in [5.41, 5.74) is 3.24. The van der Waals surface area contributed by atoms with E-state index in [9.17, 15) is 4.79 Å². The number of nitrogens with two attached hydrogens (primary N) is 1. The quantitative estimate of drug-likeness (QED) is 0.428. The van der Waals surface area contributed by atoms with Gasteiger partial charge in [0, 0.05) is 13.7 Å². The summed E-state index contributed by atoms with van der Waals surface area (Å²) in [6.07, 6.45) is 3.76. The molecule has 0 saturated carbocycles. The Hall–Kier alpha value is -1.44. The maximum atomic E-state index is 11.5. The number of carbonyl (C=O) groups excluding carboxylic acids is 1. The number of aryl methyl sites for hydroxylation is 1. The third kappa shape index (κ3) is 2.87. The van der Waals surface area contributed by atoms with Crippen molar-refractivity contribution in [2.24, 2.45) is 12.9 Å². The Bertz CT molecular complexity index is 412. The Balaban J connectivity index is 1.91. The molecular weight excluding hydrogens is 236 g/mol. The lowest BCUT2D eigenvalue weighted by Gasteiger charge is -2.11. The summed E-state index contributed by atoms with van der Waals surface area (Å²) in [5, 5.41) is 4.03. The van der Waals surface area contributed by atoms with Gasteiger partial charge in [0.15, 0.2) is 0 Å². The minimum absolute atomic E-state index is 0.171. The van der Waals surface area contributed by atoms with Crippen LogP contribution in [-0.4, -0.2) is 35.0 Å². The van der Waals surface area contributed by atoms with Crippen molar-refractivity contribution in [1.29, 1.82) is 0 Å². The van der Waals surface area contributed by atoms with E-state index in [1.54, 1.807) is 11.7 Å². The second-order valence-corrected chi connectivity index (χ2v) is 4.25. The molecule has 1 aliphatic heterocycles. The number of aromatic nitrogens is 2. The summed E-state index contributed by atoms with van der Waals surface area (Å²) in [6, 6.07) is 0. The van der Waals surface area contributed by atoms with Crippen molar-refractivity contribution in [1.82, 2.24) is 15.2 Å². The topological polar surface area (TPSA) is 91.4 Å². The van der Waals surface area contributed by atoms with Gasteiger partial charge in [-0.25, -0.2) is 5.84 Å². The van der Waals surface area contributed by atoms with Crippen molar-refractivity contribution >= 4 is 5.91 Å². The van der Waals surface area contributed by atoms with Crippen LogP contribution >= 0.6 is 0 Å². The number of hydrazine groups is 1. The summed E-state index contributed by atoms with van der Waals surface area (Å²) < 4.78 is 12.6. The molecule has 1 aliphatic rings. The van der Waals surface area contributed by atoms with Gasteiger partial charge >= 0.3 is 0 Å². The Morgan fingerprint density at radius 3 is 3.28 bits per heavy atom. The highest BCUT2D eigenvalue weighted by atomic mass is 16.5. The van der Waals surface area contributed by atoms with Gasteiger partial charge in [0.2, 0.25) is 0 Å². The van der Waals surface area contributed by atoms with Crippen LogP contribution in [0.15, 0.2) is 6.20 Å². The molecule has 0 radical (unpaired) electrons. The van der Waals surface area contributed by atoms with Gasteiger partial charge in [-0.3, -0.25) is 14.9 Å². The number of nitrogens with one attached hydrogen (secondary N) is 1. The summed E-state index contributed by atoms with van der Waals surface area (Å²) in [4.78, 5) is 11.5. The van der Waals surface area contributed by atoms with Crippen LogP contribution in [0.3, 0.4) is 0 Å². The van der Waals surface area contributed by atoms with Crippen LogP contribution < -0.4 is 11.3 Å². The fraction of sp³-hybridized carbons (Fsp3) is 0.636. The second-order valence-electron chi connectivity index (χ2n) is 4.25. The molecule has 0 unspecified atom stereocenters. The van der Waals surface area contributed by atoms with Crippen molar-refractivity contribution in [3.8, 4) is 0 Å². The first-order valence-corrected chi connectivity index (χ1v) is 5.93. The summed E-state index contributed by atoms with van der Waals surface area (Å²) in [7, 11) is 1.76. The lowest BCUT2D eigenvalue weighted by atomic mass is 10.2. The van der Waals surface area contributed by atoms with E-state index in [0.717, 1.165) is 19.4 Å². The second kappa shape index (κ2) is 5.94. The largest absolute Gasteiger partial charge is 0.376 e. The molecule has 0 spiro atoms. The molecule has 0 bridgehead atoms. The molecule has 3 N–H and O–H groups in total. The maximum Gasteiger partial charge on any atom is 0.268 e. The number of hydrogen-bond acceptors (Lipinski definition) is 5. The lowest BCUT2D eigenvalue weighted by molar-refractivity contribution is 0.00866. The van der Waals surface area contributed by atoms with Gasteiger partial charge in [-0.15, -0.1) is 0 Å². The standard InChI is InChI=1S/C11H18N4O3/c1-15-10(9(5-13-15)11(16)14-12)7-17-6-8-3-2-4-18-8/h5,8H,2-4,6-7,12H2,1H3,(H,14,16)/t8-/m0/s1. The molecule has 1 fully saturated rings. The van der Waals surface area contributed by atoms with Gasteiger partial charge in [0.05, 0.1) is 36.8 Å². The summed E-state index contributed by atoms with van der Waals surface area (Å²) in [6.45, 7) is 1.66. The van der Waals surface area contributed by atoms with Crippen LogP contribution in [0.5, 0.6) is 0 Å². The first kappa shape index (κ1) is 13.0. The molecule has 2 heterocycles. The van der Waals surface area contributed by atoms with Crippen molar-refractivity contribution in [3.05, 3.63) is 17.5 Å². The number of nitrogens with zero attached hydrogens (tertiary/aromatic N) is 2. The zero-order valence-corrected chi connectivity index (χ0v) is 10.4. The number of carbonyl (C=O) groups is 1. The molecule has 7 nitrogen and oxygen atoms in total. The molecule has 1 aromatic rings. The average Bonchev–Trinajstić information content (AvgIpc) is 3.00. The van der Waals surface area contributed by atoms with Crippen molar-refractivity contribution in [2.45, 2.75) is 25.6 Å². The fourth-order valence-electron chi connectivity index (χ4n) is 1.96. The van der Waals surface area contributed by atoms with Crippen LogP contribution in [0.1, 0.15) is 28.9 Å². The third-order valence-corrected chi connectivity index (χ3v) is 3.00. The van der Waals surface area contributed by atoms with E-state index >= 15 is 0 Å². The maximum absolute atomic E-state index is 11.5. The van der Waals surface area contributed by atoms with Crippen LogP contribution in [-0.2, 0) is 23.1 Å². The molecule has 0 aliphatic carbocycles. The molecule has 1 saturated heterocycles. The van der Waals surface area contributed by atoms with Crippen LogP contribution in [0.4, 0.5) is 0 Å². The normalized spacial score (nSPS) is 19.1.